The zero-order chi connectivity index (χ0) is 17.6. The molecule has 3 rings (SSSR count). The number of nitrogens with zero attached hydrogens (tertiary/aromatic N) is 3. The van der Waals surface area contributed by atoms with E-state index in [2.05, 4.69) is 20.4 Å². The van der Waals surface area contributed by atoms with E-state index in [0.29, 0.717) is 17.5 Å². The quantitative estimate of drug-likeness (QED) is 0.790. The summed E-state index contributed by atoms with van der Waals surface area (Å²) in [6.45, 7) is 5.45. The van der Waals surface area contributed by atoms with Gasteiger partial charge >= 0.3 is 0 Å². The second-order valence-electron chi connectivity index (χ2n) is 6.48. The number of primary amides is 1. The first kappa shape index (κ1) is 17.6. The Morgan fingerprint density at radius 2 is 2.36 bits per heavy atom. The lowest BCUT2D eigenvalue weighted by Crippen LogP contribution is -2.45. The third-order valence-electron chi connectivity index (χ3n) is 4.49. The normalized spacial score (nSPS) is 18.4. The van der Waals surface area contributed by atoms with Crippen molar-refractivity contribution in [1.29, 1.82) is 0 Å². The first-order chi connectivity index (χ1) is 12.1. The van der Waals surface area contributed by atoms with Crippen molar-refractivity contribution in [1.82, 2.24) is 20.4 Å². The number of nitrogens with two attached hydrogens (primary N) is 1. The molecule has 2 heterocycles. The molecule has 1 aromatic carbocycles. The van der Waals surface area contributed by atoms with Crippen LogP contribution >= 0.6 is 0 Å². The number of amides is 1. The minimum atomic E-state index is -0.391. The summed E-state index contributed by atoms with van der Waals surface area (Å²) in [4.78, 5) is 18.0. The fraction of sp³-hybridized carbons (Fsp3) is 0.500. The van der Waals surface area contributed by atoms with Gasteiger partial charge in [-0.05, 0) is 37.1 Å². The molecule has 1 amide bonds. The third kappa shape index (κ3) is 4.87. The molecule has 2 aromatic rings. The Balaban J connectivity index is 1.51. The lowest BCUT2D eigenvalue weighted by Gasteiger charge is -2.32. The maximum atomic E-state index is 11.3. The zero-order valence-electron chi connectivity index (χ0n) is 14.6. The Kier molecular flexibility index (Phi) is 5.78. The molecule has 3 N–H and O–H groups in total. The number of benzene rings is 1. The average molecular weight is 343 g/mol. The van der Waals surface area contributed by atoms with E-state index < -0.39 is 5.91 Å². The second-order valence-corrected chi connectivity index (χ2v) is 6.48. The summed E-state index contributed by atoms with van der Waals surface area (Å²) in [6.07, 6.45) is 3.04. The van der Waals surface area contributed by atoms with Crippen molar-refractivity contribution >= 4 is 5.91 Å². The number of carbonyl (C=O) groups is 1. The summed E-state index contributed by atoms with van der Waals surface area (Å²) in [5.41, 5.74) is 6.96. The van der Waals surface area contributed by atoms with Crippen molar-refractivity contribution in [3.63, 3.8) is 0 Å². The van der Waals surface area contributed by atoms with Gasteiger partial charge in [-0.15, -0.1) is 0 Å². The average Bonchev–Trinajstić information content (AvgIpc) is 3.08. The van der Waals surface area contributed by atoms with Crippen molar-refractivity contribution in [2.75, 3.05) is 13.1 Å². The number of carbonyl (C=O) groups excluding carboxylic acids is 1. The molecular formula is C18H25N5O2. The van der Waals surface area contributed by atoms with Gasteiger partial charge in [0.1, 0.15) is 0 Å². The predicted octanol–water partition coefficient (Wildman–Crippen LogP) is 1.49. The van der Waals surface area contributed by atoms with Crippen LogP contribution in [0.3, 0.4) is 0 Å². The molecule has 0 spiro atoms. The van der Waals surface area contributed by atoms with E-state index in [1.807, 2.05) is 25.1 Å². The number of rotatable bonds is 7. The highest BCUT2D eigenvalue weighted by molar-refractivity contribution is 5.92. The molecule has 1 aliphatic heterocycles. The first-order valence-corrected chi connectivity index (χ1v) is 8.80. The topological polar surface area (TPSA) is 97.3 Å². The lowest BCUT2D eigenvalue weighted by atomic mass is 10.0. The number of aromatic nitrogens is 2. The molecule has 1 aromatic heterocycles. The third-order valence-corrected chi connectivity index (χ3v) is 4.49. The largest absolute Gasteiger partial charge is 0.366 e. The van der Waals surface area contributed by atoms with Crippen molar-refractivity contribution in [3.05, 3.63) is 47.1 Å². The van der Waals surface area contributed by atoms with Gasteiger partial charge in [0.05, 0.1) is 6.54 Å². The first-order valence-electron chi connectivity index (χ1n) is 8.80. The lowest BCUT2D eigenvalue weighted by molar-refractivity contribution is 0.1000. The van der Waals surface area contributed by atoms with Crippen LogP contribution < -0.4 is 11.1 Å². The van der Waals surface area contributed by atoms with Crippen LogP contribution in [-0.4, -0.2) is 40.1 Å². The van der Waals surface area contributed by atoms with Crippen LogP contribution in [0, 0.1) is 0 Å². The SMILES string of the molecule is CCc1nc(CN2CCC[C@H](NCc3cccc(C(N)=O)c3)C2)no1. The fourth-order valence-electron chi connectivity index (χ4n) is 3.16. The van der Waals surface area contributed by atoms with E-state index in [1.54, 1.807) is 6.07 Å². The van der Waals surface area contributed by atoms with Gasteiger partial charge in [-0.2, -0.15) is 4.98 Å². The highest BCUT2D eigenvalue weighted by Crippen LogP contribution is 2.14. The van der Waals surface area contributed by atoms with E-state index in [9.17, 15) is 4.79 Å². The number of hydrogen-bond acceptors (Lipinski definition) is 6. The van der Waals surface area contributed by atoms with Gasteiger partial charge in [0, 0.05) is 31.1 Å². The molecule has 0 radical (unpaired) electrons. The van der Waals surface area contributed by atoms with Crippen LogP contribution in [0.2, 0.25) is 0 Å². The number of piperidine rings is 1. The second kappa shape index (κ2) is 8.22. The molecule has 0 saturated carbocycles. The predicted molar refractivity (Wildman–Crippen MR) is 93.8 cm³/mol. The minimum Gasteiger partial charge on any atom is -0.366 e. The van der Waals surface area contributed by atoms with E-state index in [0.717, 1.165) is 56.8 Å². The highest BCUT2D eigenvalue weighted by atomic mass is 16.5. The summed E-state index contributed by atoms with van der Waals surface area (Å²) < 4.78 is 5.18. The van der Waals surface area contributed by atoms with Crippen LogP contribution in [-0.2, 0) is 19.5 Å². The molecule has 0 aliphatic carbocycles. The molecule has 1 atom stereocenters. The number of aryl methyl sites for hydroxylation is 1. The molecule has 0 unspecified atom stereocenters. The van der Waals surface area contributed by atoms with Crippen molar-refractivity contribution in [3.8, 4) is 0 Å². The van der Waals surface area contributed by atoms with Crippen molar-refractivity contribution < 1.29 is 9.32 Å². The van der Waals surface area contributed by atoms with Gasteiger partial charge < -0.3 is 15.6 Å². The van der Waals surface area contributed by atoms with Gasteiger partial charge in [0.2, 0.25) is 11.8 Å². The van der Waals surface area contributed by atoms with E-state index in [-0.39, 0.29) is 0 Å². The summed E-state index contributed by atoms with van der Waals surface area (Å²) in [7, 11) is 0. The van der Waals surface area contributed by atoms with Crippen LogP contribution in [0.5, 0.6) is 0 Å². The molecule has 7 heteroatoms. The maximum absolute atomic E-state index is 11.3. The van der Waals surface area contributed by atoms with Crippen LogP contribution in [0.25, 0.3) is 0 Å². The van der Waals surface area contributed by atoms with Crippen molar-refractivity contribution in [2.24, 2.45) is 5.73 Å². The van der Waals surface area contributed by atoms with Crippen LogP contribution in [0.15, 0.2) is 28.8 Å². The van der Waals surface area contributed by atoms with Gasteiger partial charge in [-0.25, -0.2) is 0 Å². The number of likely N-dealkylation sites (tertiary alicyclic amines) is 1. The van der Waals surface area contributed by atoms with Crippen LogP contribution in [0.1, 0.15) is 47.4 Å². The summed E-state index contributed by atoms with van der Waals surface area (Å²) in [5, 5.41) is 7.61. The van der Waals surface area contributed by atoms with Gasteiger partial charge in [-0.1, -0.05) is 24.2 Å². The monoisotopic (exact) mass is 343 g/mol. The van der Waals surface area contributed by atoms with Crippen LogP contribution in [0.4, 0.5) is 0 Å². The maximum Gasteiger partial charge on any atom is 0.248 e. The number of hydrogen-bond donors (Lipinski definition) is 2. The Morgan fingerprint density at radius 1 is 1.48 bits per heavy atom. The summed E-state index contributed by atoms with van der Waals surface area (Å²) in [6, 6.07) is 7.87. The zero-order valence-corrected chi connectivity index (χ0v) is 14.6. The summed E-state index contributed by atoms with van der Waals surface area (Å²) >= 11 is 0. The summed E-state index contributed by atoms with van der Waals surface area (Å²) in [5.74, 6) is 1.06. The Morgan fingerprint density at radius 3 is 3.12 bits per heavy atom. The molecule has 1 aliphatic rings. The number of nitrogens with one attached hydrogen (secondary N) is 1. The smallest absolute Gasteiger partial charge is 0.248 e. The standard InChI is InChI=1S/C18H25N5O2/c1-2-17-21-16(22-25-17)12-23-8-4-7-15(11-23)20-10-13-5-3-6-14(9-13)18(19)24/h3,5-6,9,15,20H,2,4,7-8,10-12H2,1H3,(H2,19,24)/t15-/m0/s1. The molecule has 0 bridgehead atoms. The van der Waals surface area contributed by atoms with E-state index in [4.69, 9.17) is 10.3 Å². The Labute approximate surface area is 147 Å². The molecular weight excluding hydrogens is 318 g/mol. The van der Waals surface area contributed by atoms with Gasteiger partial charge in [-0.3, -0.25) is 9.69 Å². The fourth-order valence-corrected chi connectivity index (χ4v) is 3.16. The molecule has 1 saturated heterocycles. The van der Waals surface area contributed by atoms with Gasteiger partial charge in [0.25, 0.3) is 0 Å². The molecule has 25 heavy (non-hydrogen) atoms. The van der Waals surface area contributed by atoms with E-state index in [1.165, 1.54) is 0 Å². The minimum absolute atomic E-state index is 0.391. The highest BCUT2D eigenvalue weighted by Gasteiger charge is 2.21. The van der Waals surface area contributed by atoms with E-state index >= 15 is 0 Å². The Hall–Kier alpha value is -2.25. The van der Waals surface area contributed by atoms with Gasteiger partial charge in [0.15, 0.2) is 5.82 Å². The molecule has 134 valence electrons. The molecule has 1 fully saturated rings. The Bertz CT molecular complexity index is 715. The molecule has 7 nitrogen and oxygen atoms in total. The van der Waals surface area contributed by atoms with Crippen molar-refractivity contribution in [2.45, 2.75) is 45.3 Å².